The van der Waals surface area contributed by atoms with Gasteiger partial charge in [-0.15, -0.1) is 0 Å². The van der Waals surface area contributed by atoms with Gasteiger partial charge in [0.2, 0.25) is 0 Å². The van der Waals surface area contributed by atoms with E-state index in [1.807, 2.05) is 17.1 Å². The molecule has 2 heterocycles. The molecular formula is C8H11IN4O. The van der Waals surface area contributed by atoms with Gasteiger partial charge >= 0.3 is 6.03 Å². The summed E-state index contributed by atoms with van der Waals surface area (Å²) >= 11 is 2.22. The first kappa shape index (κ1) is 9.75. The highest BCUT2D eigenvalue weighted by Crippen LogP contribution is 2.02. The summed E-state index contributed by atoms with van der Waals surface area (Å²) in [6.07, 6.45) is 3.78. The summed E-state index contributed by atoms with van der Waals surface area (Å²) in [6.45, 7) is 3.05. The lowest BCUT2D eigenvalue weighted by Crippen LogP contribution is -2.31. The molecule has 0 saturated carbocycles. The van der Waals surface area contributed by atoms with E-state index >= 15 is 0 Å². The second kappa shape index (κ2) is 4.16. The number of nitrogens with one attached hydrogen (secondary N) is 1. The molecule has 76 valence electrons. The Morgan fingerprint density at radius 2 is 2.43 bits per heavy atom. The van der Waals surface area contributed by atoms with Gasteiger partial charge in [-0.05, 0) is 22.6 Å². The Morgan fingerprint density at radius 3 is 3.00 bits per heavy atom. The number of hydrogen-bond acceptors (Lipinski definition) is 2. The molecular weight excluding hydrogens is 295 g/mol. The van der Waals surface area contributed by atoms with E-state index in [1.165, 1.54) is 0 Å². The van der Waals surface area contributed by atoms with Crippen LogP contribution in [0, 0.1) is 3.57 Å². The number of nitrogens with zero attached hydrogens (tertiary/aromatic N) is 3. The molecule has 1 aliphatic heterocycles. The van der Waals surface area contributed by atoms with E-state index in [0.29, 0.717) is 0 Å². The zero-order valence-electron chi connectivity index (χ0n) is 7.61. The van der Waals surface area contributed by atoms with Gasteiger partial charge in [0.15, 0.2) is 0 Å². The molecule has 1 N–H and O–H groups in total. The molecule has 1 aromatic rings. The number of urea groups is 1. The Balaban J connectivity index is 1.85. The van der Waals surface area contributed by atoms with Crippen LogP contribution in [0.15, 0.2) is 12.4 Å². The first-order valence-corrected chi connectivity index (χ1v) is 5.54. The minimum absolute atomic E-state index is 0.0341. The molecule has 0 aliphatic carbocycles. The van der Waals surface area contributed by atoms with Gasteiger partial charge in [-0.1, -0.05) is 0 Å². The molecule has 0 bridgehead atoms. The molecule has 6 heteroatoms. The van der Waals surface area contributed by atoms with Crippen LogP contribution in [-0.4, -0.2) is 40.3 Å². The smallest absolute Gasteiger partial charge is 0.317 e. The van der Waals surface area contributed by atoms with Gasteiger partial charge in [-0.25, -0.2) is 4.79 Å². The van der Waals surface area contributed by atoms with E-state index in [9.17, 15) is 4.79 Å². The van der Waals surface area contributed by atoms with Crippen LogP contribution >= 0.6 is 22.6 Å². The van der Waals surface area contributed by atoms with Crippen molar-refractivity contribution in [2.24, 2.45) is 0 Å². The fourth-order valence-electron chi connectivity index (χ4n) is 1.41. The molecule has 1 aliphatic rings. The van der Waals surface area contributed by atoms with E-state index in [-0.39, 0.29) is 6.03 Å². The fourth-order valence-corrected chi connectivity index (χ4v) is 1.85. The maximum Gasteiger partial charge on any atom is 0.317 e. The summed E-state index contributed by atoms with van der Waals surface area (Å²) in [5, 5.41) is 6.92. The van der Waals surface area contributed by atoms with Gasteiger partial charge in [-0.2, -0.15) is 5.10 Å². The van der Waals surface area contributed by atoms with Gasteiger partial charge in [0.25, 0.3) is 0 Å². The lowest BCUT2D eigenvalue weighted by Gasteiger charge is -2.13. The Hall–Kier alpha value is -0.790. The first-order chi connectivity index (χ1) is 6.75. The van der Waals surface area contributed by atoms with Gasteiger partial charge in [0, 0.05) is 25.8 Å². The van der Waals surface area contributed by atoms with Gasteiger partial charge < -0.3 is 10.2 Å². The Labute approximate surface area is 95.6 Å². The summed E-state index contributed by atoms with van der Waals surface area (Å²) in [7, 11) is 0. The number of amides is 2. The van der Waals surface area contributed by atoms with Crippen molar-refractivity contribution in [2.75, 3.05) is 19.6 Å². The molecule has 5 nitrogen and oxygen atoms in total. The van der Waals surface area contributed by atoms with Crippen LogP contribution in [0.3, 0.4) is 0 Å². The van der Waals surface area contributed by atoms with Crippen molar-refractivity contribution in [3.8, 4) is 0 Å². The Bertz CT molecular complexity index is 338. The van der Waals surface area contributed by atoms with E-state index in [2.05, 4.69) is 33.0 Å². The lowest BCUT2D eigenvalue weighted by atomic mass is 10.5. The molecule has 0 aromatic carbocycles. The van der Waals surface area contributed by atoms with Crippen molar-refractivity contribution in [2.45, 2.75) is 6.54 Å². The van der Waals surface area contributed by atoms with Crippen molar-refractivity contribution in [3.05, 3.63) is 16.0 Å². The average molecular weight is 306 g/mol. The van der Waals surface area contributed by atoms with Gasteiger partial charge in [0.05, 0.1) is 16.3 Å². The lowest BCUT2D eigenvalue weighted by molar-refractivity contribution is 0.215. The second-order valence-corrected chi connectivity index (χ2v) is 4.39. The molecule has 1 aromatic heterocycles. The number of halogens is 1. The van der Waals surface area contributed by atoms with E-state index < -0.39 is 0 Å². The minimum Gasteiger partial charge on any atom is -0.336 e. The van der Waals surface area contributed by atoms with Crippen LogP contribution in [-0.2, 0) is 6.54 Å². The topological polar surface area (TPSA) is 50.2 Å². The number of rotatable bonds is 3. The molecule has 14 heavy (non-hydrogen) atoms. The quantitative estimate of drug-likeness (QED) is 0.828. The third kappa shape index (κ3) is 2.17. The summed E-state index contributed by atoms with van der Waals surface area (Å²) < 4.78 is 2.97. The first-order valence-electron chi connectivity index (χ1n) is 4.46. The minimum atomic E-state index is 0.0341. The van der Waals surface area contributed by atoms with Crippen molar-refractivity contribution in [1.82, 2.24) is 20.0 Å². The summed E-state index contributed by atoms with van der Waals surface area (Å²) in [5.41, 5.74) is 0. The molecule has 2 amide bonds. The van der Waals surface area contributed by atoms with Crippen LogP contribution in [0.1, 0.15) is 0 Å². The summed E-state index contributed by atoms with van der Waals surface area (Å²) in [6, 6.07) is 0.0341. The molecule has 0 spiro atoms. The maximum absolute atomic E-state index is 11.2. The number of aromatic nitrogens is 2. The molecule has 0 radical (unpaired) electrons. The zero-order valence-corrected chi connectivity index (χ0v) is 9.77. The molecule has 0 unspecified atom stereocenters. The highest BCUT2D eigenvalue weighted by molar-refractivity contribution is 14.1. The van der Waals surface area contributed by atoms with E-state index in [1.54, 1.807) is 4.90 Å². The third-order valence-electron chi connectivity index (χ3n) is 2.15. The Kier molecular flexibility index (Phi) is 2.90. The number of carbonyl (C=O) groups excluding carboxylic acids is 1. The van der Waals surface area contributed by atoms with Gasteiger partial charge in [0.1, 0.15) is 0 Å². The average Bonchev–Trinajstić information content (AvgIpc) is 2.72. The predicted octanol–water partition coefficient (Wildman–Crippen LogP) is 0.513. The summed E-state index contributed by atoms with van der Waals surface area (Å²) in [5.74, 6) is 0. The predicted molar refractivity (Wildman–Crippen MR) is 59.9 cm³/mol. The van der Waals surface area contributed by atoms with Gasteiger partial charge in [-0.3, -0.25) is 4.68 Å². The number of hydrogen-bond donors (Lipinski definition) is 1. The Morgan fingerprint density at radius 1 is 1.57 bits per heavy atom. The summed E-state index contributed by atoms with van der Waals surface area (Å²) in [4.78, 5) is 13.0. The largest absolute Gasteiger partial charge is 0.336 e. The highest BCUT2D eigenvalue weighted by atomic mass is 127. The van der Waals surface area contributed by atoms with Crippen molar-refractivity contribution >= 4 is 28.6 Å². The highest BCUT2D eigenvalue weighted by Gasteiger charge is 2.18. The van der Waals surface area contributed by atoms with E-state index in [4.69, 9.17) is 0 Å². The monoisotopic (exact) mass is 306 g/mol. The maximum atomic E-state index is 11.2. The normalized spacial score (nSPS) is 16.1. The fraction of sp³-hybridized carbons (Fsp3) is 0.500. The molecule has 1 saturated heterocycles. The van der Waals surface area contributed by atoms with Crippen LogP contribution in [0.4, 0.5) is 4.79 Å². The van der Waals surface area contributed by atoms with Crippen LogP contribution < -0.4 is 5.32 Å². The van der Waals surface area contributed by atoms with Crippen LogP contribution in [0.5, 0.6) is 0 Å². The van der Waals surface area contributed by atoms with Crippen molar-refractivity contribution in [3.63, 3.8) is 0 Å². The molecule has 0 atom stereocenters. The second-order valence-electron chi connectivity index (χ2n) is 3.14. The molecule has 1 fully saturated rings. The van der Waals surface area contributed by atoms with Crippen LogP contribution in [0.2, 0.25) is 0 Å². The number of carbonyl (C=O) groups is 1. The van der Waals surface area contributed by atoms with Crippen LogP contribution in [0.25, 0.3) is 0 Å². The SMILES string of the molecule is O=C1NCCN1CCn1cc(I)cn1. The molecule has 2 rings (SSSR count). The van der Waals surface area contributed by atoms with E-state index in [0.717, 1.165) is 29.7 Å². The van der Waals surface area contributed by atoms with Crippen molar-refractivity contribution in [1.29, 1.82) is 0 Å². The third-order valence-corrected chi connectivity index (χ3v) is 2.70. The standard InChI is InChI=1S/C8H11IN4O/c9-7-5-11-13(6-7)4-3-12-2-1-10-8(12)14/h5-6H,1-4H2,(H,10,14). The zero-order chi connectivity index (χ0) is 9.97. The van der Waals surface area contributed by atoms with Crippen molar-refractivity contribution < 1.29 is 4.79 Å².